The van der Waals surface area contributed by atoms with Crippen LogP contribution in [0.15, 0.2) is 30.3 Å². The number of ether oxygens (including phenoxy) is 2. The van der Waals surface area contributed by atoms with E-state index in [4.69, 9.17) is 21.1 Å². The molecule has 0 aromatic heterocycles. The Morgan fingerprint density at radius 2 is 2.15 bits per heavy atom. The zero-order valence-electron chi connectivity index (χ0n) is 14.8. The molecule has 0 aliphatic heterocycles. The van der Waals surface area contributed by atoms with Gasteiger partial charge in [0.05, 0.1) is 24.8 Å². The monoisotopic (exact) mass is 377 g/mol. The molecule has 26 heavy (non-hydrogen) atoms. The van der Waals surface area contributed by atoms with E-state index in [-0.39, 0.29) is 17.8 Å². The van der Waals surface area contributed by atoms with Gasteiger partial charge in [-0.05, 0) is 54.7 Å². The van der Waals surface area contributed by atoms with Gasteiger partial charge in [-0.2, -0.15) is 0 Å². The summed E-state index contributed by atoms with van der Waals surface area (Å²) in [5, 5.41) is 3.33. The van der Waals surface area contributed by atoms with Crippen LogP contribution in [0.4, 0.5) is 4.39 Å². The van der Waals surface area contributed by atoms with Gasteiger partial charge in [-0.15, -0.1) is 0 Å². The number of nitrogens with one attached hydrogen (secondary N) is 1. The fourth-order valence-electron chi connectivity index (χ4n) is 3.17. The van der Waals surface area contributed by atoms with Crippen LogP contribution in [0.3, 0.4) is 0 Å². The van der Waals surface area contributed by atoms with E-state index in [1.165, 1.54) is 19.2 Å². The molecule has 0 saturated heterocycles. The highest BCUT2D eigenvalue weighted by molar-refractivity contribution is 6.32. The Morgan fingerprint density at radius 3 is 2.88 bits per heavy atom. The minimum Gasteiger partial charge on any atom is -0.493 e. The number of fused-ring (bicyclic) bond motifs is 1. The molecule has 1 N–H and O–H groups in total. The van der Waals surface area contributed by atoms with Gasteiger partial charge < -0.3 is 14.8 Å². The molecule has 0 saturated carbocycles. The highest BCUT2D eigenvalue weighted by Gasteiger charge is 2.25. The molecule has 1 amide bonds. The maximum Gasteiger partial charge on any atom is 0.251 e. The quantitative estimate of drug-likeness (QED) is 0.794. The number of carbonyl (C=O) groups is 1. The number of hydrogen-bond donors (Lipinski definition) is 1. The number of hydrogen-bond acceptors (Lipinski definition) is 3. The fourth-order valence-corrected chi connectivity index (χ4v) is 3.44. The lowest BCUT2D eigenvalue weighted by Gasteiger charge is -2.16. The largest absolute Gasteiger partial charge is 0.493 e. The normalized spacial score (nSPS) is 15.5. The Bertz CT molecular complexity index is 825. The first-order valence-corrected chi connectivity index (χ1v) is 9.00. The second-order valence-corrected chi connectivity index (χ2v) is 6.65. The number of benzene rings is 2. The Morgan fingerprint density at radius 1 is 1.35 bits per heavy atom. The molecule has 0 spiro atoms. The Balaban J connectivity index is 1.80. The molecule has 138 valence electrons. The first kappa shape index (κ1) is 18.5. The van der Waals surface area contributed by atoms with E-state index in [1.807, 2.05) is 6.92 Å². The Hall–Kier alpha value is -2.27. The first-order valence-electron chi connectivity index (χ1n) is 8.63. The molecule has 3 rings (SSSR count). The van der Waals surface area contributed by atoms with Gasteiger partial charge in [0.1, 0.15) is 5.82 Å². The Kier molecular flexibility index (Phi) is 5.67. The molecule has 4 nitrogen and oxygen atoms in total. The zero-order chi connectivity index (χ0) is 18.7. The van der Waals surface area contributed by atoms with E-state index in [1.54, 1.807) is 18.2 Å². The lowest BCUT2D eigenvalue weighted by molar-refractivity contribution is 0.0936. The summed E-state index contributed by atoms with van der Waals surface area (Å²) in [6, 6.07) is 7.73. The average Bonchev–Trinajstić information content (AvgIpc) is 3.01. The van der Waals surface area contributed by atoms with E-state index < -0.39 is 0 Å². The fraction of sp³-hybridized carbons (Fsp3) is 0.350. The second-order valence-electron chi connectivity index (χ2n) is 6.25. The van der Waals surface area contributed by atoms with Crippen molar-refractivity contribution in [2.24, 2.45) is 0 Å². The molecule has 0 radical (unpaired) electrons. The van der Waals surface area contributed by atoms with Crippen molar-refractivity contribution in [3.63, 3.8) is 0 Å². The van der Waals surface area contributed by atoms with Crippen LogP contribution in [-0.4, -0.2) is 19.6 Å². The minimum atomic E-state index is -0.255. The van der Waals surface area contributed by atoms with Crippen LogP contribution in [0, 0.1) is 5.82 Å². The molecule has 1 aliphatic carbocycles. The molecular weight excluding hydrogens is 357 g/mol. The highest BCUT2D eigenvalue weighted by Crippen LogP contribution is 2.37. The number of amides is 1. The van der Waals surface area contributed by atoms with Crippen molar-refractivity contribution in [2.75, 3.05) is 13.7 Å². The number of methoxy groups -OCH3 is 1. The van der Waals surface area contributed by atoms with Crippen molar-refractivity contribution < 1.29 is 18.7 Å². The van der Waals surface area contributed by atoms with Crippen LogP contribution in [0.1, 0.15) is 47.3 Å². The number of rotatable bonds is 6. The van der Waals surface area contributed by atoms with Gasteiger partial charge in [-0.25, -0.2) is 4.39 Å². The van der Waals surface area contributed by atoms with Crippen molar-refractivity contribution in [3.8, 4) is 11.5 Å². The van der Waals surface area contributed by atoms with Gasteiger partial charge in [0.2, 0.25) is 0 Å². The van der Waals surface area contributed by atoms with Crippen molar-refractivity contribution in [1.29, 1.82) is 0 Å². The number of halogens is 2. The molecular formula is C20H21ClFNO3. The maximum absolute atomic E-state index is 13.3. The molecule has 2 aromatic rings. The van der Waals surface area contributed by atoms with E-state index in [0.29, 0.717) is 28.7 Å². The molecule has 6 heteroatoms. The molecule has 1 unspecified atom stereocenters. The predicted molar refractivity (Wildman–Crippen MR) is 98.7 cm³/mol. The van der Waals surface area contributed by atoms with Crippen LogP contribution in [0.2, 0.25) is 5.02 Å². The third-order valence-electron chi connectivity index (χ3n) is 4.43. The zero-order valence-corrected chi connectivity index (χ0v) is 15.5. The van der Waals surface area contributed by atoms with Crippen molar-refractivity contribution in [3.05, 3.63) is 57.9 Å². The summed E-state index contributed by atoms with van der Waals surface area (Å²) in [5.41, 5.74) is 2.29. The van der Waals surface area contributed by atoms with Gasteiger partial charge >= 0.3 is 0 Å². The second kappa shape index (κ2) is 7.96. The summed E-state index contributed by atoms with van der Waals surface area (Å²) in [7, 11) is 1.51. The molecule has 1 atom stereocenters. The molecule has 2 aromatic carbocycles. The van der Waals surface area contributed by atoms with Crippen molar-refractivity contribution >= 4 is 17.5 Å². The van der Waals surface area contributed by atoms with Crippen LogP contribution in [-0.2, 0) is 6.42 Å². The molecule has 1 aliphatic rings. The molecule has 0 bridgehead atoms. The third-order valence-corrected chi connectivity index (χ3v) is 4.71. The Labute approximate surface area is 157 Å². The predicted octanol–water partition coefficient (Wildman–Crippen LogP) is 4.69. The summed E-state index contributed by atoms with van der Waals surface area (Å²) in [6.07, 6.45) is 2.32. The highest BCUT2D eigenvalue weighted by atomic mass is 35.5. The van der Waals surface area contributed by atoms with E-state index in [0.717, 1.165) is 30.4 Å². The van der Waals surface area contributed by atoms with Crippen LogP contribution in [0.25, 0.3) is 0 Å². The van der Waals surface area contributed by atoms with Gasteiger partial charge in [0, 0.05) is 5.56 Å². The van der Waals surface area contributed by atoms with Crippen LogP contribution >= 0.6 is 11.6 Å². The first-order chi connectivity index (χ1) is 12.5. The maximum atomic E-state index is 13.3. The van der Waals surface area contributed by atoms with Crippen molar-refractivity contribution in [2.45, 2.75) is 32.2 Å². The minimum absolute atomic E-state index is 0.140. The van der Waals surface area contributed by atoms with Gasteiger partial charge in [-0.1, -0.05) is 24.6 Å². The van der Waals surface area contributed by atoms with E-state index in [2.05, 4.69) is 5.32 Å². The summed E-state index contributed by atoms with van der Waals surface area (Å²) in [5.74, 6) is 0.351. The van der Waals surface area contributed by atoms with E-state index >= 15 is 0 Å². The summed E-state index contributed by atoms with van der Waals surface area (Å²) < 4.78 is 24.3. The van der Waals surface area contributed by atoms with Gasteiger partial charge in [-0.3, -0.25) is 4.79 Å². The molecule has 0 heterocycles. The lowest BCUT2D eigenvalue weighted by Crippen LogP contribution is -2.27. The smallest absolute Gasteiger partial charge is 0.251 e. The summed E-state index contributed by atoms with van der Waals surface area (Å²) >= 11 is 6.28. The molecule has 0 fully saturated rings. The SMILES string of the molecule is CCCOc1c(Cl)cc(C(=O)NC2CCc3cc(F)ccc32)cc1OC. The van der Waals surface area contributed by atoms with E-state index in [9.17, 15) is 9.18 Å². The topological polar surface area (TPSA) is 47.6 Å². The number of aryl methyl sites for hydroxylation is 1. The lowest BCUT2D eigenvalue weighted by atomic mass is 10.1. The van der Waals surface area contributed by atoms with Crippen molar-refractivity contribution in [1.82, 2.24) is 5.32 Å². The third kappa shape index (κ3) is 3.78. The standard InChI is InChI=1S/C20H21ClFNO3/c1-3-8-26-19-16(21)10-13(11-18(19)25-2)20(24)23-17-7-4-12-9-14(22)5-6-15(12)17/h5-6,9-11,17H,3-4,7-8H2,1-2H3,(H,23,24). The van der Waals surface area contributed by atoms with Crippen LogP contribution < -0.4 is 14.8 Å². The average molecular weight is 378 g/mol. The number of carbonyl (C=O) groups excluding carboxylic acids is 1. The van der Waals surface area contributed by atoms with Gasteiger partial charge in [0.25, 0.3) is 5.91 Å². The summed E-state index contributed by atoms with van der Waals surface area (Å²) in [6.45, 7) is 2.50. The van der Waals surface area contributed by atoms with Gasteiger partial charge in [0.15, 0.2) is 11.5 Å². The van der Waals surface area contributed by atoms with Crippen LogP contribution in [0.5, 0.6) is 11.5 Å². The summed E-state index contributed by atoms with van der Waals surface area (Å²) in [4.78, 5) is 12.7.